The molecule has 0 spiro atoms. The Morgan fingerprint density at radius 3 is 3.10 bits per heavy atom. The van der Waals surface area contributed by atoms with E-state index in [1.807, 2.05) is 0 Å². The standard InChI is InChI=1S/C22H23FN4O4/c23-22(4-5-22)13-29-12-17-3-6-27-20(31-17)9-18(26-27)21(28)25-16-8-15-7-14(10-24)1-2-19(15)30-11-16/h1-2,7,9,16-17H,3-6,8,11-13H2,(H,25,28)/t16-,17-/m1/s1. The number of carbonyl (C=O) groups excluding carboxylic acids is 1. The van der Waals surface area contributed by atoms with Gasteiger partial charge >= 0.3 is 0 Å². The number of aryl methyl sites for hydroxylation is 1. The number of benzene rings is 1. The first-order chi connectivity index (χ1) is 15.0. The highest BCUT2D eigenvalue weighted by Gasteiger charge is 2.43. The molecule has 0 bridgehead atoms. The van der Waals surface area contributed by atoms with E-state index in [-0.39, 0.29) is 30.4 Å². The summed E-state index contributed by atoms with van der Waals surface area (Å²) in [5, 5.41) is 16.4. The predicted octanol–water partition coefficient (Wildman–Crippen LogP) is 2.16. The maximum Gasteiger partial charge on any atom is 0.272 e. The van der Waals surface area contributed by atoms with Crippen molar-refractivity contribution in [1.82, 2.24) is 15.1 Å². The zero-order valence-corrected chi connectivity index (χ0v) is 17.0. The molecule has 8 nitrogen and oxygen atoms in total. The van der Waals surface area contributed by atoms with E-state index in [0.717, 1.165) is 11.3 Å². The van der Waals surface area contributed by atoms with Crippen LogP contribution < -0.4 is 14.8 Å². The molecule has 162 valence electrons. The zero-order chi connectivity index (χ0) is 21.4. The molecule has 1 aromatic heterocycles. The second kappa shape index (κ2) is 7.85. The Kier molecular flexibility index (Phi) is 5.02. The first-order valence-corrected chi connectivity index (χ1v) is 10.5. The summed E-state index contributed by atoms with van der Waals surface area (Å²) in [4.78, 5) is 12.7. The van der Waals surface area contributed by atoms with E-state index in [9.17, 15) is 9.18 Å². The highest BCUT2D eigenvalue weighted by atomic mass is 19.1. The minimum absolute atomic E-state index is 0.113. The van der Waals surface area contributed by atoms with E-state index >= 15 is 0 Å². The maximum absolute atomic E-state index is 13.7. The SMILES string of the molecule is N#Cc1ccc2c(c1)C[C@@H](NC(=O)c1cc3n(n1)CC[C@H](COCC1(F)CC1)O3)CO2. The number of halogens is 1. The lowest BCUT2D eigenvalue weighted by Gasteiger charge is -2.25. The van der Waals surface area contributed by atoms with Gasteiger partial charge in [-0.25, -0.2) is 9.07 Å². The van der Waals surface area contributed by atoms with E-state index in [1.165, 1.54) is 0 Å². The highest BCUT2D eigenvalue weighted by Crippen LogP contribution is 2.39. The number of nitrogens with zero attached hydrogens (tertiary/aromatic N) is 3. The third-order valence-electron chi connectivity index (χ3n) is 5.81. The lowest BCUT2D eigenvalue weighted by atomic mass is 10.0. The molecule has 1 saturated carbocycles. The molecule has 31 heavy (non-hydrogen) atoms. The van der Waals surface area contributed by atoms with Crippen molar-refractivity contribution in [3.63, 3.8) is 0 Å². The largest absolute Gasteiger partial charge is 0.491 e. The first-order valence-electron chi connectivity index (χ1n) is 10.5. The summed E-state index contributed by atoms with van der Waals surface area (Å²) < 4.78 is 32.4. The predicted molar refractivity (Wildman–Crippen MR) is 107 cm³/mol. The minimum Gasteiger partial charge on any atom is -0.491 e. The molecule has 1 aliphatic carbocycles. The smallest absolute Gasteiger partial charge is 0.272 e. The molecule has 9 heteroatoms. The molecule has 1 aromatic carbocycles. The molecule has 1 amide bonds. The van der Waals surface area contributed by atoms with Crippen LogP contribution in [0.1, 0.15) is 40.9 Å². The third-order valence-corrected chi connectivity index (χ3v) is 5.81. The average molecular weight is 426 g/mol. The number of nitriles is 1. The van der Waals surface area contributed by atoms with Gasteiger partial charge in [-0.3, -0.25) is 4.79 Å². The van der Waals surface area contributed by atoms with E-state index in [2.05, 4.69) is 16.5 Å². The molecular formula is C22H23FN4O4. The van der Waals surface area contributed by atoms with Gasteiger partial charge in [0.2, 0.25) is 5.88 Å². The van der Waals surface area contributed by atoms with Crippen LogP contribution in [0.3, 0.4) is 0 Å². The van der Waals surface area contributed by atoms with Gasteiger partial charge < -0.3 is 19.5 Å². The van der Waals surface area contributed by atoms with Crippen LogP contribution >= 0.6 is 0 Å². The summed E-state index contributed by atoms with van der Waals surface area (Å²) in [6.07, 6.45) is 2.22. The number of ether oxygens (including phenoxy) is 3. The van der Waals surface area contributed by atoms with Crippen LogP contribution in [-0.2, 0) is 17.7 Å². The average Bonchev–Trinajstić information content (AvgIpc) is 3.35. The van der Waals surface area contributed by atoms with Crippen LogP contribution in [-0.4, -0.2) is 53.3 Å². The number of aromatic nitrogens is 2. The van der Waals surface area contributed by atoms with Crippen molar-refractivity contribution in [2.75, 3.05) is 19.8 Å². The van der Waals surface area contributed by atoms with Crippen LogP contribution in [0.5, 0.6) is 11.6 Å². The summed E-state index contributed by atoms with van der Waals surface area (Å²) in [5.74, 6) is 0.944. The van der Waals surface area contributed by atoms with Crippen molar-refractivity contribution < 1.29 is 23.4 Å². The Bertz CT molecular complexity index is 1040. The molecule has 3 heterocycles. The quantitative estimate of drug-likeness (QED) is 0.760. The normalized spacial score (nSPS) is 22.8. The molecule has 2 atom stereocenters. The lowest BCUT2D eigenvalue weighted by molar-refractivity contribution is 0.00133. The molecular weight excluding hydrogens is 403 g/mol. The Hall–Kier alpha value is -3.12. The molecule has 5 rings (SSSR count). The summed E-state index contributed by atoms with van der Waals surface area (Å²) in [5.41, 5.74) is 0.591. The summed E-state index contributed by atoms with van der Waals surface area (Å²) in [6.45, 7) is 1.39. The molecule has 0 radical (unpaired) electrons. The second-order valence-electron chi connectivity index (χ2n) is 8.41. The zero-order valence-electron chi connectivity index (χ0n) is 17.0. The molecule has 1 fully saturated rings. The molecule has 1 N–H and O–H groups in total. The van der Waals surface area contributed by atoms with Gasteiger partial charge in [0.1, 0.15) is 24.1 Å². The summed E-state index contributed by atoms with van der Waals surface area (Å²) >= 11 is 0. The Labute approximate surface area is 178 Å². The number of alkyl halides is 1. The monoisotopic (exact) mass is 426 g/mol. The van der Waals surface area contributed by atoms with Gasteiger partial charge in [-0.2, -0.15) is 10.4 Å². The Balaban J connectivity index is 1.17. The lowest BCUT2D eigenvalue weighted by Crippen LogP contribution is -2.42. The molecule has 0 saturated heterocycles. The summed E-state index contributed by atoms with van der Waals surface area (Å²) in [7, 11) is 0. The van der Waals surface area contributed by atoms with Gasteiger partial charge in [-0.05, 0) is 43.0 Å². The number of amides is 1. The van der Waals surface area contributed by atoms with Crippen molar-refractivity contribution in [3.05, 3.63) is 41.1 Å². The summed E-state index contributed by atoms with van der Waals surface area (Å²) in [6, 6.07) is 8.80. The topological polar surface area (TPSA) is 98.4 Å². The fourth-order valence-electron chi connectivity index (χ4n) is 3.85. The van der Waals surface area contributed by atoms with Crippen molar-refractivity contribution in [3.8, 4) is 17.7 Å². The van der Waals surface area contributed by atoms with Gasteiger partial charge in [0.05, 0.1) is 30.9 Å². The fourth-order valence-corrected chi connectivity index (χ4v) is 3.85. The Morgan fingerprint density at radius 1 is 1.42 bits per heavy atom. The van der Waals surface area contributed by atoms with E-state index in [4.69, 9.17) is 19.5 Å². The van der Waals surface area contributed by atoms with Gasteiger partial charge in [-0.1, -0.05) is 0 Å². The van der Waals surface area contributed by atoms with Crippen LogP contribution in [0.4, 0.5) is 4.39 Å². The number of fused-ring (bicyclic) bond motifs is 2. The fraction of sp³-hybridized carbons (Fsp3) is 0.500. The van der Waals surface area contributed by atoms with Crippen molar-refractivity contribution >= 4 is 5.91 Å². The number of rotatable bonds is 6. The van der Waals surface area contributed by atoms with Gasteiger partial charge in [0, 0.05) is 19.0 Å². The number of hydrogen-bond donors (Lipinski definition) is 1. The maximum atomic E-state index is 13.7. The second-order valence-corrected chi connectivity index (χ2v) is 8.41. The van der Waals surface area contributed by atoms with Crippen LogP contribution in [0.25, 0.3) is 0 Å². The van der Waals surface area contributed by atoms with Crippen LogP contribution in [0.15, 0.2) is 24.3 Å². The van der Waals surface area contributed by atoms with Crippen LogP contribution in [0, 0.1) is 11.3 Å². The molecule has 0 unspecified atom stereocenters. The van der Waals surface area contributed by atoms with Gasteiger partial charge in [0.25, 0.3) is 5.91 Å². The molecule has 2 aromatic rings. The number of carbonyl (C=O) groups is 1. The first kappa shape index (κ1) is 19.8. The number of hydrogen-bond acceptors (Lipinski definition) is 6. The van der Waals surface area contributed by atoms with E-state index < -0.39 is 5.67 Å². The number of nitrogens with one attached hydrogen (secondary N) is 1. The van der Waals surface area contributed by atoms with Crippen molar-refractivity contribution in [1.29, 1.82) is 5.26 Å². The highest BCUT2D eigenvalue weighted by molar-refractivity contribution is 5.92. The van der Waals surface area contributed by atoms with Crippen molar-refractivity contribution in [2.24, 2.45) is 0 Å². The van der Waals surface area contributed by atoms with E-state index in [1.54, 1.807) is 28.9 Å². The third kappa shape index (κ3) is 4.35. The van der Waals surface area contributed by atoms with Crippen LogP contribution in [0.2, 0.25) is 0 Å². The molecule has 3 aliphatic rings. The van der Waals surface area contributed by atoms with Gasteiger partial charge in [0.15, 0.2) is 5.69 Å². The molecule has 2 aliphatic heterocycles. The van der Waals surface area contributed by atoms with Gasteiger partial charge in [-0.15, -0.1) is 0 Å². The van der Waals surface area contributed by atoms with Crippen molar-refractivity contribution in [2.45, 2.75) is 50.0 Å². The van der Waals surface area contributed by atoms with E-state index in [0.29, 0.717) is 56.9 Å². The minimum atomic E-state index is -1.14. The Morgan fingerprint density at radius 2 is 2.29 bits per heavy atom.